The largest absolute Gasteiger partial charge is 0.384 e. The Morgan fingerprint density at radius 3 is 3.00 bits per heavy atom. The lowest BCUT2D eigenvalue weighted by Gasteiger charge is -1.87. The molecule has 0 aromatic heterocycles. The SMILES string of the molecule is COCCC=NC#C[C@@H](C)N. The van der Waals surface area contributed by atoms with Gasteiger partial charge in [-0.15, -0.1) is 0 Å². The molecule has 62 valence electrons. The van der Waals surface area contributed by atoms with Crippen molar-refractivity contribution in [2.24, 2.45) is 10.7 Å². The van der Waals surface area contributed by atoms with Crippen molar-refractivity contribution < 1.29 is 4.74 Å². The number of ether oxygens (including phenoxy) is 1. The van der Waals surface area contributed by atoms with Gasteiger partial charge in [-0.25, -0.2) is 4.99 Å². The van der Waals surface area contributed by atoms with Crippen LogP contribution in [0.25, 0.3) is 0 Å². The second-order valence-electron chi connectivity index (χ2n) is 2.14. The predicted molar refractivity (Wildman–Crippen MR) is 46.4 cm³/mol. The van der Waals surface area contributed by atoms with E-state index >= 15 is 0 Å². The molecule has 0 aromatic carbocycles. The molecule has 0 amide bonds. The zero-order chi connectivity index (χ0) is 8.53. The van der Waals surface area contributed by atoms with Gasteiger partial charge in [0, 0.05) is 25.8 Å². The number of nitrogens with zero attached hydrogens (tertiary/aromatic N) is 1. The van der Waals surface area contributed by atoms with Crippen molar-refractivity contribution in [3.05, 3.63) is 0 Å². The second-order valence-corrected chi connectivity index (χ2v) is 2.14. The highest BCUT2D eigenvalue weighted by atomic mass is 16.5. The summed E-state index contributed by atoms with van der Waals surface area (Å²) in [7, 11) is 1.65. The van der Waals surface area contributed by atoms with Gasteiger partial charge >= 0.3 is 0 Å². The molecule has 0 aliphatic heterocycles. The van der Waals surface area contributed by atoms with Crippen molar-refractivity contribution in [2.75, 3.05) is 13.7 Å². The molecule has 11 heavy (non-hydrogen) atoms. The van der Waals surface area contributed by atoms with Crippen LogP contribution in [-0.2, 0) is 4.74 Å². The third-order valence-electron chi connectivity index (χ3n) is 0.899. The van der Waals surface area contributed by atoms with Crippen LogP contribution in [0.3, 0.4) is 0 Å². The van der Waals surface area contributed by atoms with E-state index in [0.29, 0.717) is 6.61 Å². The summed E-state index contributed by atoms with van der Waals surface area (Å²) in [4.78, 5) is 3.80. The van der Waals surface area contributed by atoms with Gasteiger partial charge in [0.1, 0.15) is 0 Å². The minimum atomic E-state index is -0.102. The van der Waals surface area contributed by atoms with Gasteiger partial charge in [-0.2, -0.15) is 0 Å². The summed E-state index contributed by atoms with van der Waals surface area (Å²) in [5, 5.41) is 0. The van der Waals surface area contributed by atoms with Crippen molar-refractivity contribution in [1.82, 2.24) is 0 Å². The first kappa shape index (κ1) is 10.2. The van der Waals surface area contributed by atoms with Gasteiger partial charge in [0.2, 0.25) is 0 Å². The lowest BCUT2D eigenvalue weighted by Crippen LogP contribution is -2.10. The van der Waals surface area contributed by atoms with Gasteiger partial charge < -0.3 is 10.5 Å². The van der Waals surface area contributed by atoms with Crippen LogP contribution in [0.1, 0.15) is 13.3 Å². The number of hydrogen-bond donors (Lipinski definition) is 1. The maximum absolute atomic E-state index is 5.36. The Hall–Kier alpha value is -0.850. The Bertz CT molecular complexity index is 165. The smallest absolute Gasteiger partial charge is 0.0655 e. The van der Waals surface area contributed by atoms with E-state index in [4.69, 9.17) is 10.5 Å². The summed E-state index contributed by atoms with van der Waals surface area (Å²) in [6.07, 6.45) is 2.52. The predicted octanol–water partition coefficient (Wildman–Crippen LogP) is 0.402. The van der Waals surface area contributed by atoms with Gasteiger partial charge in [0.15, 0.2) is 0 Å². The maximum atomic E-state index is 5.36. The molecule has 1 atom stereocenters. The van der Waals surface area contributed by atoms with Crippen molar-refractivity contribution in [3.8, 4) is 12.0 Å². The maximum Gasteiger partial charge on any atom is 0.0655 e. The number of nitrogens with two attached hydrogens (primary N) is 1. The highest BCUT2D eigenvalue weighted by Crippen LogP contribution is 1.74. The van der Waals surface area contributed by atoms with Crippen molar-refractivity contribution in [3.63, 3.8) is 0 Å². The monoisotopic (exact) mass is 154 g/mol. The molecule has 0 unspecified atom stereocenters. The van der Waals surface area contributed by atoms with E-state index in [1.165, 1.54) is 0 Å². The van der Waals surface area contributed by atoms with E-state index in [-0.39, 0.29) is 6.04 Å². The first-order valence-electron chi connectivity index (χ1n) is 3.54. The molecule has 0 rings (SSSR count). The molecular weight excluding hydrogens is 140 g/mol. The van der Waals surface area contributed by atoms with E-state index in [2.05, 4.69) is 17.0 Å². The van der Waals surface area contributed by atoms with Gasteiger partial charge in [-0.05, 0) is 6.92 Å². The van der Waals surface area contributed by atoms with Crippen LogP contribution in [0.15, 0.2) is 4.99 Å². The van der Waals surface area contributed by atoms with E-state index < -0.39 is 0 Å². The summed E-state index contributed by atoms with van der Waals surface area (Å²) in [5.41, 5.74) is 5.36. The van der Waals surface area contributed by atoms with Crippen LogP contribution in [0.2, 0.25) is 0 Å². The normalized spacial score (nSPS) is 12.6. The first-order chi connectivity index (χ1) is 5.27. The van der Waals surface area contributed by atoms with Crippen molar-refractivity contribution >= 4 is 6.21 Å². The minimum Gasteiger partial charge on any atom is -0.384 e. The molecule has 3 heteroatoms. The van der Waals surface area contributed by atoms with Gasteiger partial charge in [-0.3, -0.25) is 0 Å². The fourth-order valence-electron chi connectivity index (χ4n) is 0.420. The molecule has 0 fully saturated rings. The second kappa shape index (κ2) is 7.26. The Labute approximate surface area is 67.6 Å². The third kappa shape index (κ3) is 9.15. The highest BCUT2D eigenvalue weighted by molar-refractivity contribution is 5.58. The molecule has 0 spiro atoms. The summed E-state index contributed by atoms with van der Waals surface area (Å²) < 4.78 is 4.81. The quantitative estimate of drug-likeness (QED) is 0.363. The highest BCUT2D eigenvalue weighted by Gasteiger charge is 1.79. The zero-order valence-corrected chi connectivity index (χ0v) is 7.00. The molecule has 0 heterocycles. The van der Waals surface area contributed by atoms with Crippen LogP contribution in [0, 0.1) is 12.0 Å². The number of rotatable bonds is 3. The molecule has 0 aliphatic carbocycles. The topological polar surface area (TPSA) is 47.6 Å². The van der Waals surface area contributed by atoms with E-state index in [0.717, 1.165) is 6.42 Å². The molecule has 0 saturated heterocycles. The number of hydrogen-bond acceptors (Lipinski definition) is 3. The fraction of sp³-hybridized carbons (Fsp3) is 0.625. The number of methoxy groups -OCH3 is 1. The first-order valence-corrected chi connectivity index (χ1v) is 3.54. The Balaban J connectivity index is 3.38. The van der Waals surface area contributed by atoms with Gasteiger partial charge in [0.25, 0.3) is 0 Å². The standard InChI is InChI=1S/C8H14N2O/c1-8(9)4-6-10-5-3-7-11-2/h5,8H,3,7,9H2,1-2H3/t8-/m1/s1. The summed E-state index contributed by atoms with van der Waals surface area (Å²) in [5.74, 6) is 2.71. The van der Waals surface area contributed by atoms with Crippen molar-refractivity contribution in [2.45, 2.75) is 19.4 Å². The Morgan fingerprint density at radius 1 is 1.73 bits per heavy atom. The summed E-state index contributed by atoms with van der Waals surface area (Å²) in [6.45, 7) is 2.50. The lowest BCUT2D eigenvalue weighted by molar-refractivity contribution is 0.208. The fourth-order valence-corrected chi connectivity index (χ4v) is 0.420. The molecule has 0 aliphatic rings. The Kier molecular flexibility index (Phi) is 6.70. The van der Waals surface area contributed by atoms with Crippen LogP contribution in [0.5, 0.6) is 0 Å². The summed E-state index contributed by atoms with van der Waals surface area (Å²) in [6, 6.07) is 2.48. The molecular formula is C8H14N2O. The van der Waals surface area contributed by atoms with E-state index in [1.54, 1.807) is 13.3 Å². The van der Waals surface area contributed by atoms with Gasteiger partial charge in [-0.1, -0.05) is 5.92 Å². The molecule has 3 nitrogen and oxygen atoms in total. The zero-order valence-electron chi connectivity index (χ0n) is 7.00. The molecule has 2 N–H and O–H groups in total. The van der Waals surface area contributed by atoms with Crippen LogP contribution < -0.4 is 5.73 Å². The van der Waals surface area contributed by atoms with Crippen LogP contribution >= 0.6 is 0 Å². The molecule has 0 bridgehead atoms. The van der Waals surface area contributed by atoms with Crippen LogP contribution in [-0.4, -0.2) is 26.0 Å². The minimum absolute atomic E-state index is 0.102. The van der Waals surface area contributed by atoms with Crippen LogP contribution in [0.4, 0.5) is 0 Å². The Morgan fingerprint density at radius 2 is 2.45 bits per heavy atom. The average Bonchev–Trinajstić information content (AvgIpc) is 1.96. The van der Waals surface area contributed by atoms with E-state index in [1.807, 2.05) is 6.92 Å². The molecule has 0 radical (unpaired) electrons. The molecule has 0 saturated carbocycles. The van der Waals surface area contributed by atoms with Crippen molar-refractivity contribution in [1.29, 1.82) is 0 Å². The third-order valence-corrected chi connectivity index (χ3v) is 0.899. The average molecular weight is 154 g/mol. The lowest BCUT2D eigenvalue weighted by atomic mass is 10.4. The van der Waals surface area contributed by atoms with E-state index in [9.17, 15) is 0 Å². The number of aliphatic imine (C=N–C) groups is 1. The molecule has 0 aromatic rings. The van der Waals surface area contributed by atoms with Gasteiger partial charge in [0.05, 0.1) is 12.6 Å². The summed E-state index contributed by atoms with van der Waals surface area (Å²) >= 11 is 0.